The summed E-state index contributed by atoms with van der Waals surface area (Å²) in [5.41, 5.74) is 2.12. The maximum Gasteiger partial charge on any atom is 0.247 e. The van der Waals surface area contributed by atoms with Gasteiger partial charge in [-0.15, -0.1) is 0 Å². The number of benzene rings is 1. The molecule has 1 rings (SSSR count). The first-order valence-electron chi connectivity index (χ1n) is 6.28. The SMILES string of the molecule is C=CC(=O)Nc1cc(NC(=O)C=C)cc(C(C)(C)C)c1. The minimum atomic E-state index is -0.294. The second-order valence-corrected chi connectivity index (χ2v) is 5.44. The third-order valence-electron chi connectivity index (χ3n) is 2.70. The van der Waals surface area contributed by atoms with Crippen LogP contribution >= 0.6 is 0 Å². The van der Waals surface area contributed by atoms with Crippen LogP contribution in [0.15, 0.2) is 43.5 Å². The van der Waals surface area contributed by atoms with Crippen molar-refractivity contribution in [2.24, 2.45) is 0 Å². The molecule has 20 heavy (non-hydrogen) atoms. The Balaban J connectivity index is 3.20. The summed E-state index contributed by atoms with van der Waals surface area (Å²) in [6.07, 6.45) is 2.40. The van der Waals surface area contributed by atoms with Gasteiger partial charge in [-0.25, -0.2) is 0 Å². The lowest BCUT2D eigenvalue weighted by molar-refractivity contribution is -0.112. The summed E-state index contributed by atoms with van der Waals surface area (Å²) >= 11 is 0. The second-order valence-electron chi connectivity index (χ2n) is 5.44. The van der Waals surface area contributed by atoms with Gasteiger partial charge in [0.15, 0.2) is 0 Å². The van der Waals surface area contributed by atoms with Gasteiger partial charge in [-0.2, -0.15) is 0 Å². The van der Waals surface area contributed by atoms with Crippen molar-refractivity contribution in [3.8, 4) is 0 Å². The molecule has 0 aliphatic heterocycles. The van der Waals surface area contributed by atoms with Crippen LogP contribution in [0, 0.1) is 0 Å². The molecule has 106 valence electrons. The second kappa shape index (κ2) is 6.19. The van der Waals surface area contributed by atoms with Crippen LogP contribution in [0.5, 0.6) is 0 Å². The molecule has 0 fully saturated rings. The molecule has 0 aliphatic carbocycles. The Hall–Kier alpha value is -2.36. The van der Waals surface area contributed by atoms with E-state index in [4.69, 9.17) is 0 Å². The zero-order valence-corrected chi connectivity index (χ0v) is 12.1. The van der Waals surface area contributed by atoms with Gasteiger partial charge >= 0.3 is 0 Å². The van der Waals surface area contributed by atoms with Crippen LogP contribution in [0.1, 0.15) is 26.3 Å². The first-order chi connectivity index (χ1) is 9.26. The number of nitrogens with one attached hydrogen (secondary N) is 2. The quantitative estimate of drug-likeness (QED) is 0.827. The van der Waals surface area contributed by atoms with E-state index >= 15 is 0 Å². The summed E-state index contributed by atoms with van der Waals surface area (Å²) in [6, 6.07) is 5.45. The van der Waals surface area contributed by atoms with Crippen molar-refractivity contribution in [1.29, 1.82) is 0 Å². The molecule has 0 saturated heterocycles. The van der Waals surface area contributed by atoms with Crippen molar-refractivity contribution in [2.45, 2.75) is 26.2 Å². The van der Waals surface area contributed by atoms with Gasteiger partial charge in [0.05, 0.1) is 0 Å². The largest absolute Gasteiger partial charge is 0.322 e. The molecule has 4 nitrogen and oxygen atoms in total. The fourth-order valence-electron chi connectivity index (χ4n) is 1.59. The van der Waals surface area contributed by atoms with E-state index in [-0.39, 0.29) is 17.2 Å². The molecule has 0 radical (unpaired) electrons. The average Bonchev–Trinajstić information content (AvgIpc) is 2.37. The summed E-state index contributed by atoms with van der Waals surface area (Å²) in [5, 5.41) is 5.40. The topological polar surface area (TPSA) is 58.2 Å². The van der Waals surface area contributed by atoms with Gasteiger partial charge in [0.1, 0.15) is 0 Å². The number of hydrogen-bond donors (Lipinski definition) is 2. The Morgan fingerprint density at radius 2 is 1.35 bits per heavy atom. The van der Waals surface area contributed by atoms with Gasteiger partial charge in [-0.05, 0) is 41.3 Å². The molecule has 1 aromatic rings. The van der Waals surface area contributed by atoms with Crippen LogP contribution in [0.2, 0.25) is 0 Å². The molecule has 0 spiro atoms. The number of anilines is 2. The number of hydrogen-bond acceptors (Lipinski definition) is 2. The van der Waals surface area contributed by atoms with Gasteiger partial charge in [-0.3, -0.25) is 9.59 Å². The van der Waals surface area contributed by atoms with Crippen LogP contribution in [0.3, 0.4) is 0 Å². The zero-order valence-electron chi connectivity index (χ0n) is 12.1. The first kappa shape index (κ1) is 15.7. The lowest BCUT2D eigenvalue weighted by Gasteiger charge is -2.21. The third kappa shape index (κ3) is 4.39. The van der Waals surface area contributed by atoms with Gasteiger partial charge in [-0.1, -0.05) is 33.9 Å². The number of amides is 2. The van der Waals surface area contributed by atoms with E-state index in [1.54, 1.807) is 6.07 Å². The number of carbonyl (C=O) groups excluding carboxylic acids is 2. The number of carbonyl (C=O) groups is 2. The van der Waals surface area contributed by atoms with E-state index in [1.807, 2.05) is 12.1 Å². The van der Waals surface area contributed by atoms with Crippen LogP contribution in [-0.4, -0.2) is 11.8 Å². The van der Waals surface area contributed by atoms with Gasteiger partial charge in [0.25, 0.3) is 0 Å². The summed E-state index contributed by atoms with van der Waals surface area (Å²) in [7, 11) is 0. The standard InChI is InChI=1S/C16H20N2O2/c1-6-14(19)17-12-8-11(16(3,4)5)9-13(10-12)18-15(20)7-2/h6-10H,1-2H2,3-5H3,(H,17,19)(H,18,20). The smallest absolute Gasteiger partial charge is 0.247 e. The predicted molar refractivity (Wildman–Crippen MR) is 82.8 cm³/mol. The minimum Gasteiger partial charge on any atom is -0.322 e. The van der Waals surface area contributed by atoms with Crippen LogP contribution in [0.4, 0.5) is 11.4 Å². The summed E-state index contributed by atoms with van der Waals surface area (Å²) in [5.74, 6) is -0.589. The highest BCUT2D eigenvalue weighted by Gasteiger charge is 2.16. The fraction of sp³-hybridized carbons (Fsp3) is 0.250. The van der Waals surface area contributed by atoms with Crippen LogP contribution < -0.4 is 10.6 Å². The molecule has 2 amide bonds. The Kier molecular flexibility index (Phi) is 4.86. The highest BCUT2D eigenvalue weighted by atomic mass is 16.2. The fourth-order valence-corrected chi connectivity index (χ4v) is 1.59. The van der Waals surface area contributed by atoms with Crippen LogP contribution in [-0.2, 0) is 15.0 Å². The highest BCUT2D eigenvalue weighted by molar-refractivity contribution is 6.01. The molecular formula is C16H20N2O2. The van der Waals surface area contributed by atoms with Crippen LogP contribution in [0.25, 0.3) is 0 Å². The Bertz CT molecular complexity index is 514. The van der Waals surface area contributed by atoms with Gasteiger partial charge in [0.2, 0.25) is 11.8 Å². The van der Waals surface area contributed by atoms with Crippen molar-refractivity contribution in [2.75, 3.05) is 10.6 Å². The maximum atomic E-state index is 11.4. The van der Waals surface area contributed by atoms with E-state index in [0.717, 1.165) is 5.56 Å². The van der Waals surface area contributed by atoms with E-state index in [9.17, 15) is 9.59 Å². The first-order valence-corrected chi connectivity index (χ1v) is 6.28. The van der Waals surface area contributed by atoms with Crippen molar-refractivity contribution < 1.29 is 9.59 Å². The van der Waals surface area contributed by atoms with Gasteiger partial charge in [0, 0.05) is 11.4 Å². The molecular weight excluding hydrogens is 252 g/mol. The summed E-state index contributed by atoms with van der Waals surface area (Å²) < 4.78 is 0. The molecule has 0 heterocycles. The molecule has 0 unspecified atom stereocenters. The molecule has 0 atom stereocenters. The maximum absolute atomic E-state index is 11.4. The normalized spacial score (nSPS) is 10.6. The zero-order chi connectivity index (χ0) is 15.3. The van der Waals surface area contributed by atoms with E-state index in [1.165, 1.54) is 12.2 Å². The molecule has 4 heteroatoms. The van der Waals surface area contributed by atoms with Crippen molar-refractivity contribution >= 4 is 23.2 Å². The highest BCUT2D eigenvalue weighted by Crippen LogP contribution is 2.28. The van der Waals surface area contributed by atoms with Crippen molar-refractivity contribution in [3.05, 3.63) is 49.1 Å². The molecule has 0 saturated carbocycles. The lowest BCUT2D eigenvalue weighted by Crippen LogP contribution is -2.15. The molecule has 1 aromatic carbocycles. The monoisotopic (exact) mass is 272 g/mol. The lowest BCUT2D eigenvalue weighted by atomic mass is 9.86. The van der Waals surface area contributed by atoms with E-state index < -0.39 is 0 Å². The number of rotatable bonds is 4. The molecule has 0 bridgehead atoms. The Morgan fingerprint density at radius 3 is 1.65 bits per heavy atom. The van der Waals surface area contributed by atoms with Crippen molar-refractivity contribution in [1.82, 2.24) is 0 Å². The summed E-state index contributed by atoms with van der Waals surface area (Å²) in [6.45, 7) is 13.0. The van der Waals surface area contributed by atoms with E-state index in [2.05, 4.69) is 44.6 Å². The van der Waals surface area contributed by atoms with Crippen molar-refractivity contribution in [3.63, 3.8) is 0 Å². The summed E-state index contributed by atoms with van der Waals surface area (Å²) in [4.78, 5) is 22.8. The third-order valence-corrected chi connectivity index (χ3v) is 2.70. The average molecular weight is 272 g/mol. The molecule has 0 aliphatic rings. The van der Waals surface area contributed by atoms with Gasteiger partial charge < -0.3 is 10.6 Å². The minimum absolute atomic E-state index is 0.109. The van der Waals surface area contributed by atoms with E-state index in [0.29, 0.717) is 11.4 Å². The molecule has 2 N–H and O–H groups in total. The Morgan fingerprint density at radius 1 is 0.950 bits per heavy atom. The molecule has 0 aromatic heterocycles. The Labute approximate surface area is 119 Å². The predicted octanol–water partition coefficient (Wildman–Crippen LogP) is 3.23.